The summed E-state index contributed by atoms with van der Waals surface area (Å²) in [4.78, 5) is 27.7. The number of carbonyl (C=O) groups is 1. The third-order valence-corrected chi connectivity index (χ3v) is 3.02. The Morgan fingerprint density at radius 2 is 2.33 bits per heavy atom. The average Bonchev–Trinajstić information content (AvgIpc) is 3.18. The first-order valence-electron chi connectivity index (χ1n) is 6.19. The van der Waals surface area contributed by atoms with E-state index in [0.29, 0.717) is 13.2 Å². The van der Waals surface area contributed by atoms with Crippen molar-refractivity contribution < 1.29 is 9.53 Å². The van der Waals surface area contributed by atoms with Crippen molar-refractivity contribution in [3.05, 3.63) is 34.2 Å². The SMILES string of the molecule is CN(CCOCC1CC1)C(=O)c1c[nH]ccc1=O. The fourth-order valence-corrected chi connectivity index (χ4v) is 1.63. The number of hydrogen-bond donors (Lipinski definition) is 1. The van der Waals surface area contributed by atoms with E-state index >= 15 is 0 Å². The summed E-state index contributed by atoms with van der Waals surface area (Å²) < 4.78 is 5.46. The normalized spacial score (nSPS) is 14.5. The van der Waals surface area contributed by atoms with Crippen LogP contribution in [0.4, 0.5) is 0 Å². The molecule has 1 saturated carbocycles. The Morgan fingerprint density at radius 1 is 1.56 bits per heavy atom. The Kier molecular flexibility index (Phi) is 4.15. The number of aromatic amines is 1. The van der Waals surface area contributed by atoms with E-state index in [2.05, 4.69) is 4.98 Å². The molecule has 0 aliphatic heterocycles. The van der Waals surface area contributed by atoms with Crippen molar-refractivity contribution in [3.63, 3.8) is 0 Å². The van der Waals surface area contributed by atoms with Crippen LogP contribution in [-0.4, -0.2) is 42.6 Å². The van der Waals surface area contributed by atoms with Gasteiger partial charge in [-0.3, -0.25) is 9.59 Å². The topological polar surface area (TPSA) is 62.4 Å². The minimum atomic E-state index is -0.271. The van der Waals surface area contributed by atoms with E-state index in [-0.39, 0.29) is 16.9 Å². The summed E-state index contributed by atoms with van der Waals surface area (Å²) in [5, 5.41) is 0. The van der Waals surface area contributed by atoms with Gasteiger partial charge in [0, 0.05) is 38.7 Å². The van der Waals surface area contributed by atoms with Gasteiger partial charge in [-0.25, -0.2) is 0 Å². The van der Waals surface area contributed by atoms with Gasteiger partial charge in [-0.1, -0.05) is 0 Å². The van der Waals surface area contributed by atoms with Crippen LogP contribution >= 0.6 is 0 Å². The van der Waals surface area contributed by atoms with Gasteiger partial charge in [0.2, 0.25) is 0 Å². The summed E-state index contributed by atoms with van der Waals surface area (Å²) in [6.07, 6.45) is 5.46. The molecule has 0 unspecified atom stereocenters. The van der Waals surface area contributed by atoms with E-state index in [9.17, 15) is 9.59 Å². The number of hydrogen-bond acceptors (Lipinski definition) is 3. The van der Waals surface area contributed by atoms with Crippen LogP contribution in [0.3, 0.4) is 0 Å². The lowest BCUT2D eigenvalue weighted by molar-refractivity contribution is 0.0679. The van der Waals surface area contributed by atoms with E-state index in [1.807, 2.05) is 0 Å². The van der Waals surface area contributed by atoms with Crippen LogP contribution in [0.15, 0.2) is 23.3 Å². The number of H-pyrrole nitrogens is 1. The average molecular weight is 250 g/mol. The van der Waals surface area contributed by atoms with Crippen molar-refractivity contribution in [2.45, 2.75) is 12.8 Å². The van der Waals surface area contributed by atoms with Gasteiger partial charge in [-0.2, -0.15) is 0 Å². The van der Waals surface area contributed by atoms with Gasteiger partial charge in [-0.05, 0) is 18.8 Å². The summed E-state index contributed by atoms with van der Waals surface area (Å²) >= 11 is 0. The first-order chi connectivity index (χ1) is 8.68. The quantitative estimate of drug-likeness (QED) is 0.762. The van der Waals surface area contributed by atoms with Gasteiger partial charge in [-0.15, -0.1) is 0 Å². The summed E-state index contributed by atoms with van der Waals surface area (Å²) in [6, 6.07) is 1.35. The molecule has 1 aromatic heterocycles. The minimum absolute atomic E-state index is 0.169. The van der Waals surface area contributed by atoms with E-state index in [4.69, 9.17) is 4.74 Å². The summed E-state index contributed by atoms with van der Waals surface area (Å²) in [7, 11) is 1.68. The van der Waals surface area contributed by atoms with E-state index in [1.165, 1.54) is 36.2 Å². The van der Waals surface area contributed by atoms with Crippen LogP contribution in [-0.2, 0) is 4.74 Å². The zero-order chi connectivity index (χ0) is 13.0. The molecule has 5 heteroatoms. The second-order valence-corrected chi connectivity index (χ2v) is 4.67. The van der Waals surface area contributed by atoms with Crippen LogP contribution in [0.5, 0.6) is 0 Å². The molecule has 1 amide bonds. The molecule has 5 nitrogen and oxygen atoms in total. The van der Waals surface area contributed by atoms with Crippen molar-refractivity contribution in [1.29, 1.82) is 0 Å². The van der Waals surface area contributed by atoms with E-state index in [0.717, 1.165) is 12.5 Å². The van der Waals surface area contributed by atoms with E-state index < -0.39 is 0 Å². The van der Waals surface area contributed by atoms with Crippen LogP contribution in [0.25, 0.3) is 0 Å². The summed E-state index contributed by atoms with van der Waals surface area (Å²) in [5.41, 5.74) is -0.0910. The van der Waals surface area contributed by atoms with Crippen molar-refractivity contribution in [1.82, 2.24) is 9.88 Å². The number of nitrogens with zero attached hydrogens (tertiary/aromatic N) is 1. The standard InChI is InChI=1S/C13H18N2O3/c1-15(6-7-18-9-10-2-3-10)13(17)11-8-14-5-4-12(11)16/h4-5,8,10H,2-3,6-7,9H2,1H3,(H,14,16). The fourth-order valence-electron chi connectivity index (χ4n) is 1.63. The molecule has 2 rings (SSSR count). The lowest BCUT2D eigenvalue weighted by atomic mass is 10.2. The smallest absolute Gasteiger partial charge is 0.259 e. The number of rotatable bonds is 6. The summed E-state index contributed by atoms with van der Waals surface area (Å²) in [6.45, 7) is 1.80. The molecular formula is C13H18N2O3. The molecule has 98 valence electrons. The van der Waals surface area contributed by atoms with Crippen LogP contribution in [0.2, 0.25) is 0 Å². The third kappa shape index (κ3) is 3.43. The molecule has 1 N–H and O–H groups in total. The maximum atomic E-state index is 12.0. The van der Waals surface area contributed by atoms with Crippen LogP contribution < -0.4 is 5.43 Å². The number of carbonyl (C=O) groups excluding carboxylic acids is 1. The molecule has 0 aromatic carbocycles. The second kappa shape index (κ2) is 5.82. The van der Waals surface area contributed by atoms with Gasteiger partial charge in [0.25, 0.3) is 5.91 Å². The van der Waals surface area contributed by atoms with Gasteiger partial charge in [0.05, 0.1) is 6.61 Å². The molecule has 0 spiro atoms. The molecule has 0 saturated heterocycles. The fraction of sp³-hybridized carbons (Fsp3) is 0.538. The Bertz CT molecular complexity index is 465. The Balaban J connectivity index is 1.80. The molecular weight excluding hydrogens is 232 g/mol. The van der Waals surface area contributed by atoms with Crippen molar-refractivity contribution in [3.8, 4) is 0 Å². The Morgan fingerprint density at radius 3 is 3.00 bits per heavy atom. The number of pyridine rings is 1. The van der Waals surface area contributed by atoms with E-state index in [1.54, 1.807) is 7.05 Å². The number of ether oxygens (including phenoxy) is 1. The van der Waals surface area contributed by atoms with Gasteiger partial charge >= 0.3 is 0 Å². The molecule has 1 aliphatic rings. The molecule has 1 aliphatic carbocycles. The third-order valence-electron chi connectivity index (χ3n) is 3.02. The van der Waals surface area contributed by atoms with Crippen LogP contribution in [0.1, 0.15) is 23.2 Å². The minimum Gasteiger partial charge on any atom is -0.379 e. The molecule has 1 aromatic rings. The largest absolute Gasteiger partial charge is 0.379 e. The lowest BCUT2D eigenvalue weighted by Gasteiger charge is -2.16. The molecule has 0 atom stereocenters. The first-order valence-corrected chi connectivity index (χ1v) is 6.19. The summed E-state index contributed by atoms with van der Waals surface area (Å²) in [5.74, 6) is 0.454. The highest BCUT2D eigenvalue weighted by Gasteiger charge is 2.21. The number of likely N-dealkylation sites (N-methyl/N-ethyl adjacent to an activating group) is 1. The monoisotopic (exact) mass is 250 g/mol. The molecule has 1 fully saturated rings. The second-order valence-electron chi connectivity index (χ2n) is 4.67. The lowest BCUT2D eigenvalue weighted by Crippen LogP contribution is -2.33. The number of amides is 1. The highest BCUT2D eigenvalue weighted by atomic mass is 16.5. The van der Waals surface area contributed by atoms with Crippen molar-refractivity contribution in [2.24, 2.45) is 5.92 Å². The van der Waals surface area contributed by atoms with Gasteiger partial charge in [0.15, 0.2) is 5.43 Å². The maximum absolute atomic E-state index is 12.0. The first kappa shape index (κ1) is 12.8. The van der Waals surface area contributed by atoms with Gasteiger partial charge in [0.1, 0.15) is 5.56 Å². The molecule has 0 bridgehead atoms. The van der Waals surface area contributed by atoms with Crippen molar-refractivity contribution >= 4 is 5.91 Å². The highest BCUT2D eigenvalue weighted by molar-refractivity contribution is 5.93. The molecule has 18 heavy (non-hydrogen) atoms. The van der Waals surface area contributed by atoms with Crippen molar-refractivity contribution in [2.75, 3.05) is 26.8 Å². The maximum Gasteiger partial charge on any atom is 0.259 e. The molecule has 0 radical (unpaired) electrons. The Labute approximate surface area is 106 Å². The number of nitrogens with one attached hydrogen (secondary N) is 1. The highest BCUT2D eigenvalue weighted by Crippen LogP contribution is 2.28. The predicted octanol–water partition coefficient (Wildman–Crippen LogP) is 0.874. The Hall–Kier alpha value is -1.62. The van der Waals surface area contributed by atoms with Gasteiger partial charge < -0.3 is 14.6 Å². The zero-order valence-corrected chi connectivity index (χ0v) is 10.5. The number of aromatic nitrogens is 1. The molecule has 1 heterocycles. The predicted molar refractivity (Wildman–Crippen MR) is 67.6 cm³/mol. The zero-order valence-electron chi connectivity index (χ0n) is 10.5. The van der Waals surface area contributed by atoms with Crippen LogP contribution in [0, 0.1) is 5.92 Å².